The van der Waals surface area contributed by atoms with E-state index in [1.54, 1.807) is 17.0 Å². The Hall–Kier alpha value is -0.810. The molecule has 1 aromatic rings. The van der Waals surface area contributed by atoms with Gasteiger partial charge in [-0.25, -0.2) is 0 Å². The number of fused-ring (bicyclic) bond motifs is 2. The zero-order valence-electron chi connectivity index (χ0n) is 16.8. The molecule has 0 atom stereocenters. The molecule has 0 aliphatic carbocycles. The van der Waals surface area contributed by atoms with Crippen LogP contribution in [0.1, 0.15) is 76.7 Å². The van der Waals surface area contributed by atoms with Crippen LogP contribution in [0.5, 0.6) is 0 Å². The van der Waals surface area contributed by atoms with Crippen molar-refractivity contribution in [2.45, 2.75) is 76.9 Å². The van der Waals surface area contributed by atoms with Gasteiger partial charge in [0.2, 0.25) is 0 Å². The van der Waals surface area contributed by atoms with E-state index in [4.69, 9.17) is 32.7 Å². The minimum Gasteiger partial charge on any atom is -0.336 e. The lowest BCUT2D eigenvalue weighted by Gasteiger charge is -2.22. The second kappa shape index (κ2) is 10.3. The molecule has 1 fully saturated rings. The van der Waals surface area contributed by atoms with Gasteiger partial charge in [-0.2, -0.15) is 0 Å². The first-order valence-corrected chi connectivity index (χ1v) is 11.5. The number of carbonyl (C=O) groups is 1. The molecule has 4 nitrogen and oxygen atoms in total. The summed E-state index contributed by atoms with van der Waals surface area (Å²) in [6.45, 7) is 3.66. The predicted octanol–water partition coefficient (Wildman–Crippen LogP) is 6.46. The van der Waals surface area contributed by atoms with Crippen molar-refractivity contribution >= 4 is 34.8 Å². The Morgan fingerprint density at radius 1 is 0.929 bits per heavy atom. The smallest absolute Gasteiger partial charge is 0.292 e. The highest BCUT2D eigenvalue weighted by Crippen LogP contribution is 2.50. The van der Waals surface area contributed by atoms with Crippen LogP contribution in [0.15, 0.2) is 12.1 Å². The summed E-state index contributed by atoms with van der Waals surface area (Å²) in [5.41, 5.74) is 1.33. The van der Waals surface area contributed by atoms with Gasteiger partial charge in [-0.15, -0.1) is 0 Å². The van der Waals surface area contributed by atoms with Crippen LogP contribution < -0.4 is 4.90 Å². The molecule has 3 rings (SSSR count). The number of unbranched alkanes of at least 4 members (excludes halogenated alkanes) is 9. The fourth-order valence-electron chi connectivity index (χ4n) is 4.13. The Kier molecular flexibility index (Phi) is 8.04. The lowest BCUT2D eigenvalue weighted by molar-refractivity contribution is -0.180. The summed E-state index contributed by atoms with van der Waals surface area (Å²) < 4.78 is 11.5. The number of nitrogens with zero attached hydrogens (tertiary/aromatic N) is 1. The number of hydrogen-bond donors (Lipinski definition) is 0. The Morgan fingerprint density at radius 3 is 2.11 bits per heavy atom. The summed E-state index contributed by atoms with van der Waals surface area (Å²) in [4.78, 5) is 14.8. The van der Waals surface area contributed by atoms with Crippen molar-refractivity contribution in [1.82, 2.24) is 0 Å². The zero-order valence-corrected chi connectivity index (χ0v) is 18.3. The van der Waals surface area contributed by atoms with Gasteiger partial charge in [0.25, 0.3) is 11.7 Å². The Morgan fingerprint density at radius 2 is 1.50 bits per heavy atom. The number of carbonyl (C=O) groups excluding carboxylic acids is 1. The van der Waals surface area contributed by atoms with Crippen molar-refractivity contribution in [1.29, 1.82) is 0 Å². The minimum atomic E-state index is -1.33. The fourth-order valence-corrected chi connectivity index (χ4v) is 4.55. The normalized spacial score (nSPS) is 17.7. The number of ether oxygens (including phenoxy) is 2. The molecule has 2 aliphatic rings. The van der Waals surface area contributed by atoms with Crippen LogP contribution in [0.3, 0.4) is 0 Å². The first-order chi connectivity index (χ1) is 13.6. The van der Waals surface area contributed by atoms with Crippen molar-refractivity contribution in [2.75, 3.05) is 24.7 Å². The van der Waals surface area contributed by atoms with Gasteiger partial charge in [0.05, 0.1) is 28.9 Å². The number of amides is 1. The molecule has 1 amide bonds. The third-order valence-electron chi connectivity index (χ3n) is 5.65. The van der Waals surface area contributed by atoms with Crippen molar-refractivity contribution in [2.24, 2.45) is 0 Å². The molecule has 0 radical (unpaired) electrons. The number of anilines is 1. The molecular weight excluding hydrogens is 397 g/mol. The zero-order chi connectivity index (χ0) is 20.0. The Bertz CT molecular complexity index is 674. The van der Waals surface area contributed by atoms with E-state index in [0.717, 1.165) is 12.8 Å². The monoisotopic (exact) mass is 427 g/mol. The van der Waals surface area contributed by atoms with Gasteiger partial charge >= 0.3 is 0 Å². The molecule has 156 valence electrons. The molecule has 0 saturated carbocycles. The first kappa shape index (κ1) is 21.9. The van der Waals surface area contributed by atoms with E-state index in [0.29, 0.717) is 41.1 Å². The quantitative estimate of drug-likeness (QED) is 0.380. The molecule has 2 aliphatic heterocycles. The largest absolute Gasteiger partial charge is 0.336 e. The molecule has 0 aromatic heterocycles. The topological polar surface area (TPSA) is 38.8 Å². The fraction of sp³-hybridized carbons (Fsp3) is 0.682. The molecule has 6 heteroatoms. The molecule has 1 spiro atoms. The van der Waals surface area contributed by atoms with E-state index in [9.17, 15) is 4.79 Å². The molecule has 0 N–H and O–H groups in total. The maximum Gasteiger partial charge on any atom is 0.292 e. The van der Waals surface area contributed by atoms with Gasteiger partial charge in [-0.3, -0.25) is 4.79 Å². The highest BCUT2D eigenvalue weighted by molar-refractivity contribution is 6.44. The predicted molar refractivity (Wildman–Crippen MR) is 114 cm³/mol. The lowest BCUT2D eigenvalue weighted by atomic mass is 10.1. The van der Waals surface area contributed by atoms with E-state index < -0.39 is 5.79 Å². The van der Waals surface area contributed by atoms with Crippen LogP contribution in [-0.4, -0.2) is 25.7 Å². The molecule has 1 saturated heterocycles. The first-order valence-electron chi connectivity index (χ1n) is 10.7. The molecule has 2 heterocycles. The van der Waals surface area contributed by atoms with Crippen LogP contribution in [-0.2, 0) is 20.1 Å². The number of hydrogen-bond acceptors (Lipinski definition) is 3. The molecule has 1 aromatic carbocycles. The molecule has 0 bridgehead atoms. The van der Waals surface area contributed by atoms with Gasteiger partial charge in [-0.05, 0) is 18.6 Å². The minimum absolute atomic E-state index is 0.180. The second-order valence-corrected chi connectivity index (χ2v) is 8.49. The summed E-state index contributed by atoms with van der Waals surface area (Å²) >= 11 is 12.7. The number of rotatable bonds is 11. The summed E-state index contributed by atoms with van der Waals surface area (Å²) in [5, 5.41) is 0.840. The average molecular weight is 428 g/mol. The van der Waals surface area contributed by atoms with Gasteiger partial charge < -0.3 is 14.4 Å². The van der Waals surface area contributed by atoms with Crippen molar-refractivity contribution in [3.05, 3.63) is 27.7 Å². The van der Waals surface area contributed by atoms with Crippen LogP contribution in [0.2, 0.25) is 10.0 Å². The van der Waals surface area contributed by atoms with Gasteiger partial charge in [-0.1, -0.05) is 87.9 Å². The summed E-state index contributed by atoms with van der Waals surface area (Å²) in [6, 6.07) is 3.50. The SMILES string of the molecule is CCCCCCCCCCCCN1C(=O)C2(OCCO2)c2ccc(Cl)c(Cl)c21. The second-order valence-electron chi connectivity index (χ2n) is 7.71. The maximum absolute atomic E-state index is 13.1. The molecular formula is C22H31Cl2NO3. The third kappa shape index (κ3) is 4.51. The summed E-state index contributed by atoms with van der Waals surface area (Å²) in [5.74, 6) is -1.51. The van der Waals surface area contributed by atoms with Gasteiger partial charge in [0.1, 0.15) is 0 Å². The van der Waals surface area contributed by atoms with Crippen LogP contribution in [0.25, 0.3) is 0 Å². The molecule has 0 unspecified atom stereocenters. The van der Waals surface area contributed by atoms with E-state index in [-0.39, 0.29) is 5.91 Å². The highest BCUT2D eigenvalue weighted by Gasteiger charge is 2.56. The Labute approximate surface area is 178 Å². The molecule has 28 heavy (non-hydrogen) atoms. The van der Waals surface area contributed by atoms with Crippen LogP contribution in [0.4, 0.5) is 5.69 Å². The van der Waals surface area contributed by atoms with Gasteiger partial charge in [0.15, 0.2) is 0 Å². The van der Waals surface area contributed by atoms with Crippen LogP contribution >= 0.6 is 23.2 Å². The van der Waals surface area contributed by atoms with Crippen molar-refractivity contribution < 1.29 is 14.3 Å². The third-order valence-corrected chi connectivity index (χ3v) is 6.44. The average Bonchev–Trinajstić information content (AvgIpc) is 3.27. The van der Waals surface area contributed by atoms with E-state index in [2.05, 4.69) is 6.92 Å². The Balaban J connectivity index is 1.51. The van der Waals surface area contributed by atoms with E-state index in [1.807, 2.05) is 0 Å². The van der Waals surface area contributed by atoms with Crippen molar-refractivity contribution in [3.8, 4) is 0 Å². The summed E-state index contributed by atoms with van der Waals surface area (Å²) in [6.07, 6.45) is 12.5. The van der Waals surface area contributed by atoms with Crippen molar-refractivity contribution in [3.63, 3.8) is 0 Å². The summed E-state index contributed by atoms with van der Waals surface area (Å²) in [7, 11) is 0. The van der Waals surface area contributed by atoms with E-state index in [1.165, 1.54) is 51.4 Å². The van der Waals surface area contributed by atoms with Gasteiger partial charge in [0, 0.05) is 12.1 Å². The van der Waals surface area contributed by atoms with Crippen LogP contribution in [0, 0.1) is 0 Å². The lowest BCUT2D eigenvalue weighted by Crippen LogP contribution is -2.41. The van der Waals surface area contributed by atoms with E-state index >= 15 is 0 Å². The highest BCUT2D eigenvalue weighted by atomic mass is 35.5. The standard InChI is InChI=1S/C22H31Cl2NO3/c1-2-3-4-5-6-7-8-9-10-11-14-25-20-17(12-13-18(23)19(20)24)22(21(25)26)27-15-16-28-22/h12-13H,2-11,14-16H2,1H3. The maximum atomic E-state index is 13.1. The number of benzene rings is 1. The number of halogens is 2.